The molecule has 0 aliphatic carbocycles. The molecule has 1 aliphatic rings. The van der Waals surface area contributed by atoms with E-state index in [1.807, 2.05) is 22.0 Å². The van der Waals surface area contributed by atoms with Crippen LogP contribution in [0.25, 0.3) is 14.8 Å². The molecule has 0 aromatic carbocycles. The average Bonchev–Trinajstić information content (AvgIpc) is 3.22. The predicted molar refractivity (Wildman–Crippen MR) is 90.4 cm³/mol. The summed E-state index contributed by atoms with van der Waals surface area (Å²) in [5.41, 5.74) is 0. The monoisotopic (exact) mass is 369 g/mol. The molecular formula is C13H15N5O2S3. The van der Waals surface area contributed by atoms with E-state index in [1.54, 1.807) is 11.3 Å². The van der Waals surface area contributed by atoms with Gasteiger partial charge in [0.2, 0.25) is 15.0 Å². The first kappa shape index (κ1) is 15.2. The van der Waals surface area contributed by atoms with Crippen molar-refractivity contribution in [3.8, 4) is 9.88 Å². The van der Waals surface area contributed by atoms with E-state index in [1.165, 1.54) is 21.9 Å². The summed E-state index contributed by atoms with van der Waals surface area (Å²) in [4.78, 5) is 1.91. The number of thiophene rings is 1. The minimum absolute atomic E-state index is 0.196. The molecule has 1 fully saturated rings. The van der Waals surface area contributed by atoms with E-state index in [0.29, 0.717) is 13.1 Å². The van der Waals surface area contributed by atoms with Gasteiger partial charge in [0.05, 0.1) is 11.1 Å². The minimum atomic E-state index is -3.11. The molecule has 0 atom stereocenters. The number of hydrogen-bond acceptors (Lipinski definition) is 7. The van der Waals surface area contributed by atoms with Crippen LogP contribution in [0.15, 0.2) is 17.5 Å². The predicted octanol–water partition coefficient (Wildman–Crippen LogP) is 2.05. The maximum atomic E-state index is 11.6. The van der Waals surface area contributed by atoms with Gasteiger partial charge in [-0.1, -0.05) is 17.4 Å². The van der Waals surface area contributed by atoms with Gasteiger partial charge in [0, 0.05) is 19.0 Å². The van der Waals surface area contributed by atoms with Crippen molar-refractivity contribution in [2.45, 2.75) is 18.8 Å². The smallest absolute Gasteiger partial charge is 0.213 e. The number of rotatable bonds is 3. The van der Waals surface area contributed by atoms with Gasteiger partial charge in [0.25, 0.3) is 0 Å². The zero-order valence-corrected chi connectivity index (χ0v) is 14.9. The normalized spacial score (nSPS) is 18.0. The third kappa shape index (κ3) is 2.80. The highest BCUT2D eigenvalue weighted by molar-refractivity contribution is 7.88. The maximum absolute atomic E-state index is 11.6. The molecule has 0 saturated carbocycles. The number of fused-ring (bicyclic) bond motifs is 1. The molecular weight excluding hydrogens is 354 g/mol. The van der Waals surface area contributed by atoms with Gasteiger partial charge in [-0.3, -0.25) is 0 Å². The van der Waals surface area contributed by atoms with E-state index in [4.69, 9.17) is 0 Å². The largest absolute Gasteiger partial charge is 0.235 e. The molecule has 7 nitrogen and oxygen atoms in total. The van der Waals surface area contributed by atoms with Gasteiger partial charge in [-0.2, -0.15) is 9.61 Å². The third-order valence-electron chi connectivity index (χ3n) is 4.04. The Morgan fingerprint density at radius 3 is 2.70 bits per heavy atom. The quantitative estimate of drug-likeness (QED) is 0.706. The van der Waals surface area contributed by atoms with Crippen LogP contribution in [0, 0.1) is 0 Å². The summed E-state index contributed by atoms with van der Waals surface area (Å²) in [5, 5.41) is 16.1. The topological polar surface area (TPSA) is 80.5 Å². The Labute approximate surface area is 141 Å². The highest BCUT2D eigenvalue weighted by atomic mass is 32.2. The standard InChI is InChI=1S/C13H15N5O2S3/c1-23(19,20)17-6-4-9(5-7-17)11-14-15-13-18(11)16-12(22-13)10-3-2-8-21-10/h2-3,8-9H,4-7H2,1H3. The van der Waals surface area contributed by atoms with Crippen LogP contribution in [-0.2, 0) is 10.0 Å². The lowest BCUT2D eigenvalue weighted by molar-refractivity contribution is 0.313. The molecule has 3 aromatic heterocycles. The van der Waals surface area contributed by atoms with Gasteiger partial charge in [-0.15, -0.1) is 21.5 Å². The van der Waals surface area contributed by atoms with Gasteiger partial charge in [-0.05, 0) is 24.3 Å². The highest BCUT2D eigenvalue weighted by Crippen LogP contribution is 2.32. The van der Waals surface area contributed by atoms with Crippen LogP contribution in [0.2, 0.25) is 0 Å². The molecule has 1 aliphatic heterocycles. The van der Waals surface area contributed by atoms with Crippen molar-refractivity contribution in [2.24, 2.45) is 0 Å². The summed E-state index contributed by atoms with van der Waals surface area (Å²) >= 11 is 3.18. The number of nitrogens with zero attached hydrogens (tertiary/aromatic N) is 5. The molecule has 4 heterocycles. The van der Waals surface area contributed by atoms with Crippen molar-refractivity contribution in [1.29, 1.82) is 0 Å². The highest BCUT2D eigenvalue weighted by Gasteiger charge is 2.29. The van der Waals surface area contributed by atoms with Crippen LogP contribution >= 0.6 is 22.7 Å². The van der Waals surface area contributed by atoms with Crippen molar-refractivity contribution in [2.75, 3.05) is 19.3 Å². The second-order valence-electron chi connectivity index (χ2n) is 5.57. The third-order valence-corrected chi connectivity index (χ3v) is 7.28. The maximum Gasteiger partial charge on any atom is 0.235 e. The molecule has 23 heavy (non-hydrogen) atoms. The molecule has 1 saturated heterocycles. The fourth-order valence-electron chi connectivity index (χ4n) is 2.83. The van der Waals surface area contributed by atoms with Crippen LogP contribution < -0.4 is 0 Å². The average molecular weight is 369 g/mol. The molecule has 0 radical (unpaired) electrons. The molecule has 122 valence electrons. The lowest BCUT2D eigenvalue weighted by Crippen LogP contribution is -2.37. The Morgan fingerprint density at radius 2 is 2.04 bits per heavy atom. The summed E-state index contributed by atoms with van der Waals surface area (Å²) in [5.74, 6) is 1.04. The van der Waals surface area contributed by atoms with Crippen LogP contribution in [0.4, 0.5) is 0 Å². The minimum Gasteiger partial charge on any atom is -0.213 e. The van der Waals surface area contributed by atoms with Gasteiger partial charge in [-0.25, -0.2) is 12.7 Å². The summed E-state index contributed by atoms with van der Waals surface area (Å²) in [6, 6.07) is 4.05. The SMILES string of the molecule is CS(=O)(=O)N1CCC(c2nnc3sc(-c4cccs4)nn23)CC1. The van der Waals surface area contributed by atoms with Crippen LogP contribution in [0.3, 0.4) is 0 Å². The van der Waals surface area contributed by atoms with E-state index >= 15 is 0 Å². The van der Waals surface area contributed by atoms with Gasteiger partial charge in [0.1, 0.15) is 0 Å². The Bertz CT molecular complexity index is 920. The summed E-state index contributed by atoms with van der Waals surface area (Å²) < 4.78 is 26.6. The number of piperidine rings is 1. The summed E-state index contributed by atoms with van der Waals surface area (Å²) in [6.07, 6.45) is 2.76. The zero-order valence-electron chi connectivity index (χ0n) is 12.4. The molecule has 0 amide bonds. The van der Waals surface area contributed by atoms with Crippen molar-refractivity contribution in [3.63, 3.8) is 0 Å². The second kappa shape index (κ2) is 5.62. The first-order valence-corrected chi connectivity index (χ1v) is 10.8. The number of sulfonamides is 1. The summed E-state index contributed by atoms with van der Waals surface area (Å²) in [6.45, 7) is 1.06. The Kier molecular flexibility index (Phi) is 3.71. The van der Waals surface area contributed by atoms with E-state index in [-0.39, 0.29) is 5.92 Å². The first-order chi connectivity index (χ1) is 11.0. The lowest BCUT2D eigenvalue weighted by Gasteiger charge is -2.28. The van der Waals surface area contributed by atoms with Crippen LogP contribution in [0.5, 0.6) is 0 Å². The fourth-order valence-corrected chi connectivity index (χ4v) is 5.34. The molecule has 10 heteroatoms. The zero-order chi connectivity index (χ0) is 16.0. The molecule has 4 rings (SSSR count). The number of hydrogen-bond donors (Lipinski definition) is 0. The van der Waals surface area contributed by atoms with E-state index in [0.717, 1.165) is 33.5 Å². The lowest BCUT2D eigenvalue weighted by atomic mass is 9.97. The van der Waals surface area contributed by atoms with Crippen molar-refractivity contribution in [3.05, 3.63) is 23.3 Å². The van der Waals surface area contributed by atoms with E-state index in [2.05, 4.69) is 15.3 Å². The van der Waals surface area contributed by atoms with Crippen LogP contribution in [-0.4, -0.2) is 51.9 Å². The van der Waals surface area contributed by atoms with Crippen molar-refractivity contribution < 1.29 is 8.42 Å². The Morgan fingerprint density at radius 1 is 1.26 bits per heavy atom. The first-order valence-electron chi connectivity index (χ1n) is 7.23. The van der Waals surface area contributed by atoms with E-state index in [9.17, 15) is 8.42 Å². The molecule has 3 aromatic rings. The van der Waals surface area contributed by atoms with Gasteiger partial charge >= 0.3 is 0 Å². The van der Waals surface area contributed by atoms with Crippen molar-refractivity contribution >= 4 is 37.7 Å². The van der Waals surface area contributed by atoms with Crippen LogP contribution in [0.1, 0.15) is 24.6 Å². The Hall–Kier alpha value is -1.36. The molecule has 0 N–H and O–H groups in total. The fraction of sp³-hybridized carbons (Fsp3) is 0.462. The van der Waals surface area contributed by atoms with Gasteiger partial charge < -0.3 is 0 Å². The van der Waals surface area contributed by atoms with E-state index < -0.39 is 10.0 Å². The number of aromatic nitrogens is 4. The Balaban J connectivity index is 1.60. The second-order valence-corrected chi connectivity index (χ2v) is 9.46. The molecule has 0 unspecified atom stereocenters. The molecule has 0 spiro atoms. The molecule has 0 bridgehead atoms. The van der Waals surface area contributed by atoms with Gasteiger partial charge in [0.15, 0.2) is 10.8 Å². The van der Waals surface area contributed by atoms with Crippen molar-refractivity contribution in [1.82, 2.24) is 24.1 Å². The summed E-state index contributed by atoms with van der Waals surface area (Å²) in [7, 11) is -3.11.